The minimum absolute atomic E-state index is 0.392. The van der Waals surface area contributed by atoms with Crippen LogP contribution in [0.1, 0.15) is 17.2 Å². The van der Waals surface area contributed by atoms with Crippen LogP contribution < -0.4 is 15.8 Å². The summed E-state index contributed by atoms with van der Waals surface area (Å²) in [7, 11) is 1.63. The molecule has 0 aromatic heterocycles. The number of methoxy groups -OCH3 is 1. The summed E-state index contributed by atoms with van der Waals surface area (Å²) >= 11 is 0. The van der Waals surface area contributed by atoms with Crippen molar-refractivity contribution in [2.75, 3.05) is 24.7 Å². The lowest BCUT2D eigenvalue weighted by atomic mass is 10.1. The fourth-order valence-electron chi connectivity index (χ4n) is 2.05. The summed E-state index contributed by atoms with van der Waals surface area (Å²) in [5.74, 6) is 0.760. The number of nitrogens with one attached hydrogen (secondary N) is 1. The third-order valence-electron chi connectivity index (χ3n) is 3.14. The number of nitrogens with two attached hydrogens (primary N) is 1. The van der Waals surface area contributed by atoms with Gasteiger partial charge in [-0.05, 0) is 42.3 Å². The molecule has 0 aliphatic heterocycles. The topological polar surface area (TPSA) is 67.5 Å². The Bertz CT molecular complexity index is 584. The number of anilines is 2. The Labute approximate surface area is 119 Å². The smallest absolute Gasteiger partial charge is 0.141 e. The molecule has 0 heterocycles. The highest BCUT2D eigenvalue weighted by molar-refractivity contribution is 5.58. The molecule has 0 aliphatic carbocycles. The highest BCUT2D eigenvalue weighted by Crippen LogP contribution is 2.26. The maximum absolute atomic E-state index is 10.2. The zero-order valence-corrected chi connectivity index (χ0v) is 11.8. The molecule has 0 spiro atoms. The van der Waals surface area contributed by atoms with E-state index in [2.05, 4.69) is 5.32 Å². The van der Waals surface area contributed by atoms with E-state index in [4.69, 9.17) is 10.5 Å². The van der Waals surface area contributed by atoms with Gasteiger partial charge in [-0.25, -0.2) is 0 Å². The number of hydrogen-bond acceptors (Lipinski definition) is 4. The van der Waals surface area contributed by atoms with E-state index in [9.17, 15) is 5.11 Å². The van der Waals surface area contributed by atoms with Crippen LogP contribution in [0.5, 0.6) is 5.75 Å². The number of benzene rings is 2. The predicted molar refractivity (Wildman–Crippen MR) is 82.0 cm³/mol. The molecule has 2 aromatic rings. The number of aryl methyl sites for hydroxylation is 1. The van der Waals surface area contributed by atoms with Crippen LogP contribution in [0.25, 0.3) is 0 Å². The molecule has 0 radical (unpaired) electrons. The number of hydrogen-bond donors (Lipinski definition) is 3. The number of aliphatic hydroxyl groups excluding tert-OH is 1. The van der Waals surface area contributed by atoms with Gasteiger partial charge in [-0.2, -0.15) is 0 Å². The Balaban J connectivity index is 2.06. The molecule has 0 aliphatic rings. The van der Waals surface area contributed by atoms with Gasteiger partial charge in [0.2, 0.25) is 0 Å². The summed E-state index contributed by atoms with van der Waals surface area (Å²) in [4.78, 5) is 0. The third-order valence-corrected chi connectivity index (χ3v) is 3.14. The van der Waals surface area contributed by atoms with Gasteiger partial charge >= 0.3 is 0 Å². The molecular weight excluding hydrogens is 252 g/mol. The average Bonchev–Trinajstić information content (AvgIpc) is 2.45. The summed E-state index contributed by atoms with van der Waals surface area (Å²) in [6, 6.07) is 13.2. The molecule has 2 aromatic carbocycles. The summed E-state index contributed by atoms with van der Waals surface area (Å²) in [6.45, 7) is 2.40. The van der Waals surface area contributed by atoms with Crippen LogP contribution in [0.15, 0.2) is 42.5 Å². The van der Waals surface area contributed by atoms with Gasteiger partial charge in [0, 0.05) is 12.2 Å². The van der Waals surface area contributed by atoms with Gasteiger partial charge in [0.15, 0.2) is 0 Å². The van der Waals surface area contributed by atoms with Crippen molar-refractivity contribution in [3.63, 3.8) is 0 Å². The second kappa shape index (κ2) is 6.30. The normalized spacial score (nSPS) is 11.9. The van der Waals surface area contributed by atoms with Crippen LogP contribution in [0.2, 0.25) is 0 Å². The molecule has 0 bridgehead atoms. The first-order valence-corrected chi connectivity index (χ1v) is 6.52. The van der Waals surface area contributed by atoms with Crippen molar-refractivity contribution < 1.29 is 9.84 Å². The van der Waals surface area contributed by atoms with E-state index in [1.807, 2.05) is 37.3 Å². The Morgan fingerprint density at radius 3 is 2.75 bits per heavy atom. The van der Waals surface area contributed by atoms with Crippen molar-refractivity contribution in [1.29, 1.82) is 0 Å². The lowest BCUT2D eigenvalue weighted by Gasteiger charge is -2.16. The average molecular weight is 272 g/mol. The van der Waals surface area contributed by atoms with Gasteiger partial charge in [-0.1, -0.05) is 18.2 Å². The van der Waals surface area contributed by atoms with E-state index in [-0.39, 0.29) is 0 Å². The Kier molecular flexibility index (Phi) is 4.48. The fraction of sp³-hybridized carbons (Fsp3) is 0.250. The van der Waals surface area contributed by atoms with E-state index < -0.39 is 6.10 Å². The predicted octanol–water partition coefficient (Wildman–Crippen LogP) is 2.73. The lowest BCUT2D eigenvalue weighted by Crippen LogP contribution is -2.13. The molecule has 1 atom stereocenters. The Morgan fingerprint density at radius 2 is 2.05 bits per heavy atom. The molecular formula is C16H20N2O2. The molecule has 0 amide bonds. The fourth-order valence-corrected chi connectivity index (χ4v) is 2.05. The van der Waals surface area contributed by atoms with E-state index in [0.29, 0.717) is 12.2 Å². The molecule has 106 valence electrons. The van der Waals surface area contributed by atoms with Crippen molar-refractivity contribution in [2.24, 2.45) is 0 Å². The summed E-state index contributed by atoms with van der Waals surface area (Å²) in [5.41, 5.74) is 9.16. The third kappa shape index (κ3) is 3.42. The van der Waals surface area contributed by atoms with Crippen LogP contribution in [-0.4, -0.2) is 18.8 Å². The van der Waals surface area contributed by atoms with Crippen LogP contribution >= 0.6 is 0 Å². The van der Waals surface area contributed by atoms with E-state index in [0.717, 1.165) is 22.6 Å². The first-order chi connectivity index (χ1) is 9.60. The van der Waals surface area contributed by atoms with E-state index in [1.54, 1.807) is 19.2 Å². The molecule has 1 unspecified atom stereocenters. The van der Waals surface area contributed by atoms with Crippen molar-refractivity contribution in [2.45, 2.75) is 13.0 Å². The number of ether oxygens (including phenoxy) is 1. The molecule has 0 saturated carbocycles. The first-order valence-electron chi connectivity index (χ1n) is 6.52. The second-order valence-corrected chi connectivity index (χ2v) is 4.77. The molecule has 20 heavy (non-hydrogen) atoms. The van der Waals surface area contributed by atoms with Crippen LogP contribution in [0.3, 0.4) is 0 Å². The Hall–Kier alpha value is -2.20. The van der Waals surface area contributed by atoms with Crippen molar-refractivity contribution in [1.82, 2.24) is 0 Å². The van der Waals surface area contributed by atoms with Gasteiger partial charge in [0.05, 0.1) is 18.9 Å². The molecule has 4 nitrogen and oxygen atoms in total. The largest absolute Gasteiger partial charge is 0.495 e. The minimum Gasteiger partial charge on any atom is -0.495 e. The highest BCUT2D eigenvalue weighted by atomic mass is 16.5. The highest BCUT2D eigenvalue weighted by Gasteiger charge is 2.09. The molecule has 0 fully saturated rings. The number of rotatable bonds is 5. The summed E-state index contributed by atoms with van der Waals surface area (Å²) in [5, 5.41) is 13.4. The van der Waals surface area contributed by atoms with Gasteiger partial charge in [-0.3, -0.25) is 0 Å². The van der Waals surface area contributed by atoms with Crippen LogP contribution in [0.4, 0.5) is 11.4 Å². The molecule has 2 rings (SSSR count). The number of aliphatic hydroxyl groups is 1. The second-order valence-electron chi connectivity index (χ2n) is 4.77. The maximum atomic E-state index is 10.2. The molecule has 4 heteroatoms. The molecule has 0 saturated heterocycles. The van der Waals surface area contributed by atoms with Gasteiger partial charge < -0.3 is 20.9 Å². The summed E-state index contributed by atoms with van der Waals surface area (Å²) < 4.78 is 5.29. The van der Waals surface area contributed by atoms with Crippen molar-refractivity contribution in [3.8, 4) is 5.75 Å². The zero-order chi connectivity index (χ0) is 14.5. The lowest BCUT2D eigenvalue weighted by molar-refractivity contribution is 0.191. The van der Waals surface area contributed by atoms with E-state index >= 15 is 0 Å². The van der Waals surface area contributed by atoms with Gasteiger partial charge in [0.1, 0.15) is 5.75 Å². The summed E-state index contributed by atoms with van der Waals surface area (Å²) in [6.07, 6.45) is -0.622. The quantitative estimate of drug-likeness (QED) is 0.732. The van der Waals surface area contributed by atoms with Crippen molar-refractivity contribution in [3.05, 3.63) is 53.6 Å². The maximum Gasteiger partial charge on any atom is 0.141 e. The molecule has 4 N–H and O–H groups in total. The van der Waals surface area contributed by atoms with Gasteiger partial charge in [-0.15, -0.1) is 0 Å². The van der Waals surface area contributed by atoms with Gasteiger partial charge in [0.25, 0.3) is 0 Å². The van der Waals surface area contributed by atoms with E-state index in [1.165, 1.54) is 0 Å². The SMILES string of the molecule is COc1ccc(C)cc1NCC(O)c1cccc(N)c1. The standard InChI is InChI=1S/C16H20N2O2/c1-11-6-7-16(20-2)14(8-11)18-10-15(19)12-4-3-5-13(17)9-12/h3-9,15,18-19H,10,17H2,1-2H3. The van der Waals surface area contributed by atoms with Crippen LogP contribution in [0, 0.1) is 6.92 Å². The number of nitrogen functional groups attached to an aromatic ring is 1. The monoisotopic (exact) mass is 272 g/mol. The van der Waals surface area contributed by atoms with Crippen LogP contribution in [-0.2, 0) is 0 Å². The Morgan fingerprint density at radius 1 is 1.25 bits per heavy atom. The first kappa shape index (κ1) is 14.2. The van der Waals surface area contributed by atoms with Crippen molar-refractivity contribution >= 4 is 11.4 Å². The zero-order valence-electron chi connectivity index (χ0n) is 11.8. The minimum atomic E-state index is -0.622.